The van der Waals surface area contributed by atoms with Gasteiger partial charge in [0, 0.05) is 17.6 Å². The fourth-order valence-corrected chi connectivity index (χ4v) is 1.56. The van der Waals surface area contributed by atoms with Crippen molar-refractivity contribution < 1.29 is 9.53 Å². The van der Waals surface area contributed by atoms with E-state index in [4.69, 9.17) is 4.74 Å². The fourth-order valence-electron chi connectivity index (χ4n) is 1.56. The minimum absolute atomic E-state index is 0.0802. The number of imidazole rings is 1. The molecule has 0 saturated heterocycles. The van der Waals surface area contributed by atoms with Gasteiger partial charge in [-0.05, 0) is 31.2 Å². The first kappa shape index (κ1) is 12.2. The smallest absolute Gasteiger partial charge is 0.230 e. The van der Waals surface area contributed by atoms with Crippen molar-refractivity contribution in [2.24, 2.45) is 0 Å². The molecule has 94 valence electrons. The lowest BCUT2D eigenvalue weighted by Gasteiger charge is -2.06. The maximum Gasteiger partial charge on any atom is 0.230 e. The topological polar surface area (TPSA) is 67.0 Å². The number of hydrogen-bond donors (Lipinski definition) is 2. The number of carbonyl (C=O) groups is 1. The molecule has 0 aliphatic carbocycles. The summed E-state index contributed by atoms with van der Waals surface area (Å²) in [7, 11) is 0. The summed E-state index contributed by atoms with van der Waals surface area (Å²) in [5.74, 6) is 0.715. The van der Waals surface area contributed by atoms with Gasteiger partial charge in [0.2, 0.25) is 5.91 Å². The van der Waals surface area contributed by atoms with Crippen LogP contribution in [-0.4, -0.2) is 22.5 Å². The average molecular weight is 245 g/mol. The van der Waals surface area contributed by atoms with Crippen molar-refractivity contribution in [1.82, 2.24) is 9.97 Å². The van der Waals surface area contributed by atoms with Crippen molar-refractivity contribution in [1.29, 1.82) is 0 Å². The van der Waals surface area contributed by atoms with Crippen LogP contribution in [0.5, 0.6) is 5.75 Å². The van der Waals surface area contributed by atoms with Crippen LogP contribution in [0, 0.1) is 0 Å². The summed E-state index contributed by atoms with van der Waals surface area (Å²) in [6.45, 7) is 2.56. The number of hydrogen-bond acceptors (Lipinski definition) is 3. The van der Waals surface area contributed by atoms with Crippen LogP contribution in [0.2, 0.25) is 0 Å². The molecule has 0 bridgehead atoms. The van der Waals surface area contributed by atoms with E-state index >= 15 is 0 Å². The number of carbonyl (C=O) groups excluding carboxylic acids is 1. The third kappa shape index (κ3) is 3.35. The molecule has 0 atom stereocenters. The van der Waals surface area contributed by atoms with Crippen molar-refractivity contribution in [3.05, 3.63) is 42.5 Å². The summed E-state index contributed by atoms with van der Waals surface area (Å²) in [6.07, 6.45) is 3.48. The predicted octanol–water partition coefficient (Wildman–Crippen LogP) is 1.99. The van der Waals surface area contributed by atoms with Gasteiger partial charge in [-0.25, -0.2) is 4.98 Å². The Labute approximate surface area is 105 Å². The van der Waals surface area contributed by atoms with Crippen LogP contribution < -0.4 is 10.1 Å². The zero-order valence-electron chi connectivity index (χ0n) is 10.1. The average Bonchev–Trinajstić information content (AvgIpc) is 2.84. The number of aromatic amines is 1. The third-order valence-electron chi connectivity index (χ3n) is 2.35. The quantitative estimate of drug-likeness (QED) is 0.846. The molecule has 1 amide bonds. The van der Waals surface area contributed by atoms with E-state index in [1.807, 2.05) is 31.2 Å². The highest BCUT2D eigenvalue weighted by molar-refractivity contribution is 5.92. The molecule has 0 saturated carbocycles. The van der Waals surface area contributed by atoms with Crippen LogP contribution in [0.15, 0.2) is 36.8 Å². The summed E-state index contributed by atoms with van der Waals surface area (Å²) < 4.78 is 5.33. The number of H-pyrrole nitrogens is 1. The summed E-state index contributed by atoms with van der Waals surface area (Å²) in [5.41, 5.74) is 1.54. The highest BCUT2D eigenvalue weighted by Crippen LogP contribution is 2.15. The molecule has 2 rings (SSSR count). The molecule has 0 aliphatic rings. The van der Waals surface area contributed by atoms with E-state index in [2.05, 4.69) is 15.3 Å². The molecule has 5 heteroatoms. The van der Waals surface area contributed by atoms with E-state index in [0.29, 0.717) is 6.61 Å². The van der Waals surface area contributed by atoms with Crippen molar-refractivity contribution >= 4 is 11.6 Å². The van der Waals surface area contributed by atoms with Gasteiger partial charge in [0.1, 0.15) is 5.75 Å². The molecular weight excluding hydrogens is 230 g/mol. The molecule has 1 aromatic heterocycles. The third-order valence-corrected chi connectivity index (χ3v) is 2.35. The van der Waals surface area contributed by atoms with Crippen molar-refractivity contribution in [2.75, 3.05) is 11.9 Å². The van der Waals surface area contributed by atoms with Gasteiger partial charge in [-0.15, -0.1) is 0 Å². The lowest BCUT2D eigenvalue weighted by Crippen LogP contribution is -2.14. The maximum atomic E-state index is 11.7. The van der Waals surface area contributed by atoms with E-state index in [-0.39, 0.29) is 12.3 Å². The molecule has 0 unspecified atom stereocenters. The van der Waals surface area contributed by atoms with Gasteiger partial charge in [0.15, 0.2) is 0 Å². The van der Waals surface area contributed by atoms with Crippen molar-refractivity contribution in [3.63, 3.8) is 0 Å². The summed E-state index contributed by atoms with van der Waals surface area (Å²) in [5, 5.41) is 2.81. The Balaban J connectivity index is 1.90. The van der Waals surface area contributed by atoms with Gasteiger partial charge in [0.05, 0.1) is 19.4 Å². The molecule has 18 heavy (non-hydrogen) atoms. The lowest BCUT2D eigenvalue weighted by atomic mass is 10.2. The van der Waals surface area contributed by atoms with Crippen LogP contribution in [0.25, 0.3) is 0 Å². The standard InChI is InChI=1S/C13H15N3O2/c1-2-18-12-5-3-10(4-6-12)16-13(17)7-11-8-14-9-15-11/h3-6,8-9H,2,7H2,1H3,(H,14,15)(H,16,17). The van der Waals surface area contributed by atoms with Gasteiger partial charge in [-0.2, -0.15) is 0 Å². The second-order valence-electron chi connectivity index (χ2n) is 3.76. The van der Waals surface area contributed by atoms with Gasteiger partial charge in [0.25, 0.3) is 0 Å². The number of amides is 1. The van der Waals surface area contributed by atoms with E-state index in [0.717, 1.165) is 17.1 Å². The summed E-state index contributed by atoms with van der Waals surface area (Å²) >= 11 is 0. The van der Waals surface area contributed by atoms with Crippen LogP contribution >= 0.6 is 0 Å². The van der Waals surface area contributed by atoms with E-state index in [9.17, 15) is 4.79 Å². The first-order valence-electron chi connectivity index (χ1n) is 5.78. The number of nitrogens with zero attached hydrogens (tertiary/aromatic N) is 1. The number of anilines is 1. The Hall–Kier alpha value is -2.30. The molecule has 2 aromatic rings. The molecule has 1 heterocycles. The summed E-state index contributed by atoms with van der Waals surface area (Å²) in [4.78, 5) is 18.5. The van der Waals surface area contributed by atoms with E-state index < -0.39 is 0 Å². The van der Waals surface area contributed by atoms with E-state index in [1.54, 1.807) is 12.5 Å². The Morgan fingerprint density at radius 2 is 2.17 bits per heavy atom. The van der Waals surface area contributed by atoms with Crippen LogP contribution in [-0.2, 0) is 11.2 Å². The minimum Gasteiger partial charge on any atom is -0.494 e. The predicted molar refractivity (Wildman–Crippen MR) is 68.5 cm³/mol. The normalized spacial score (nSPS) is 10.1. The Kier molecular flexibility index (Phi) is 3.96. The van der Waals surface area contributed by atoms with Crippen molar-refractivity contribution in [2.45, 2.75) is 13.3 Å². The Morgan fingerprint density at radius 1 is 1.39 bits per heavy atom. The van der Waals surface area contributed by atoms with E-state index in [1.165, 1.54) is 0 Å². The van der Waals surface area contributed by atoms with Gasteiger partial charge < -0.3 is 15.0 Å². The Bertz CT molecular complexity index is 491. The largest absolute Gasteiger partial charge is 0.494 e. The van der Waals surface area contributed by atoms with Gasteiger partial charge in [-0.1, -0.05) is 0 Å². The zero-order valence-corrected chi connectivity index (χ0v) is 10.1. The van der Waals surface area contributed by atoms with Gasteiger partial charge in [-0.3, -0.25) is 4.79 Å². The van der Waals surface area contributed by atoms with Gasteiger partial charge >= 0.3 is 0 Å². The Morgan fingerprint density at radius 3 is 2.78 bits per heavy atom. The van der Waals surface area contributed by atoms with Crippen LogP contribution in [0.3, 0.4) is 0 Å². The molecule has 0 fully saturated rings. The minimum atomic E-state index is -0.0802. The number of ether oxygens (including phenoxy) is 1. The lowest BCUT2D eigenvalue weighted by molar-refractivity contribution is -0.115. The molecule has 0 spiro atoms. The highest BCUT2D eigenvalue weighted by Gasteiger charge is 2.05. The number of benzene rings is 1. The second kappa shape index (κ2) is 5.86. The molecule has 0 radical (unpaired) electrons. The van der Waals surface area contributed by atoms with Crippen LogP contribution in [0.1, 0.15) is 12.6 Å². The highest BCUT2D eigenvalue weighted by atomic mass is 16.5. The summed E-state index contributed by atoms with van der Waals surface area (Å²) in [6, 6.07) is 7.29. The molecular formula is C13H15N3O2. The maximum absolute atomic E-state index is 11.7. The van der Waals surface area contributed by atoms with Crippen molar-refractivity contribution in [3.8, 4) is 5.75 Å². The second-order valence-corrected chi connectivity index (χ2v) is 3.76. The molecule has 2 N–H and O–H groups in total. The molecule has 5 nitrogen and oxygen atoms in total. The first-order chi connectivity index (χ1) is 8.78. The molecule has 1 aromatic carbocycles. The number of aromatic nitrogens is 2. The SMILES string of the molecule is CCOc1ccc(NC(=O)Cc2cnc[nH]2)cc1. The van der Waals surface area contributed by atoms with Crippen LogP contribution in [0.4, 0.5) is 5.69 Å². The molecule has 0 aliphatic heterocycles. The monoisotopic (exact) mass is 245 g/mol. The first-order valence-corrected chi connectivity index (χ1v) is 5.78. The number of rotatable bonds is 5. The number of nitrogens with one attached hydrogen (secondary N) is 2. The fraction of sp³-hybridized carbons (Fsp3) is 0.231. The zero-order chi connectivity index (χ0) is 12.8.